The predicted molar refractivity (Wildman–Crippen MR) is 141 cm³/mol. The van der Waals surface area contributed by atoms with E-state index in [2.05, 4.69) is 17.2 Å². The number of hydrogen-bond donors (Lipinski definition) is 1. The highest BCUT2D eigenvalue weighted by Crippen LogP contribution is 2.44. The van der Waals surface area contributed by atoms with Crippen LogP contribution in [0.1, 0.15) is 35.9 Å². The first-order valence-corrected chi connectivity index (χ1v) is 13.2. The van der Waals surface area contributed by atoms with Gasteiger partial charge in [0.15, 0.2) is 5.82 Å². The summed E-state index contributed by atoms with van der Waals surface area (Å²) in [5.74, 6) is 0.353. The van der Waals surface area contributed by atoms with Crippen molar-refractivity contribution in [1.82, 2.24) is 24.2 Å². The molecule has 1 aromatic carbocycles. The molecule has 0 unspecified atom stereocenters. The molecule has 2 N–H and O–H groups in total. The predicted octanol–water partition coefficient (Wildman–Crippen LogP) is 3.72. The summed E-state index contributed by atoms with van der Waals surface area (Å²) in [4.78, 5) is 33.8. The molecule has 2 amide bonds. The van der Waals surface area contributed by atoms with Crippen LogP contribution in [-0.4, -0.2) is 55.2 Å². The minimum absolute atomic E-state index is 0.259. The van der Waals surface area contributed by atoms with Crippen molar-refractivity contribution in [2.24, 2.45) is 12.8 Å². The lowest BCUT2D eigenvalue weighted by atomic mass is 9.93. The Labute approximate surface area is 218 Å². The van der Waals surface area contributed by atoms with Gasteiger partial charge in [0.1, 0.15) is 17.0 Å². The van der Waals surface area contributed by atoms with E-state index in [1.54, 1.807) is 35.0 Å². The molecule has 4 aromatic rings. The Kier molecular flexibility index (Phi) is 5.45. The van der Waals surface area contributed by atoms with Crippen molar-refractivity contribution >= 4 is 23.2 Å². The van der Waals surface area contributed by atoms with E-state index in [-0.39, 0.29) is 5.91 Å². The van der Waals surface area contributed by atoms with Crippen LogP contribution in [0.4, 0.5) is 0 Å². The lowest BCUT2D eigenvalue weighted by molar-refractivity contribution is -0.126. The molecule has 0 spiro atoms. The van der Waals surface area contributed by atoms with Gasteiger partial charge in [0.25, 0.3) is 5.91 Å². The minimum Gasteiger partial charge on any atom is -0.496 e. The molecule has 6 rings (SSSR count). The second-order valence-electron chi connectivity index (χ2n) is 9.79. The summed E-state index contributed by atoms with van der Waals surface area (Å²) in [6, 6.07) is 10.1. The van der Waals surface area contributed by atoms with E-state index >= 15 is 0 Å². The first kappa shape index (κ1) is 23.5. The number of amides is 2. The second kappa shape index (κ2) is 8.58. The zero-order valence-corrected chi connectivity index (χ0v) is 21.8. The van der Waals surface area contributed by atoms with Crippen LogP contribution >= 0.6 is 11.3 Å². The number of benzene rings is 1. The summed E-state index contributed by atoms with van der Waals surface area (Å²) in [6.07, 6.45) is 3.90. The van der Waals surface area contributed by atoms with Gasteiger partial charge in [-0.25, -0.2) is 4.98 Å². The molecule has 1 fully saturated rings. The molecule has 1 saturated heterocycles. The van der Waals surface area contributed by atoms with Crippen LogP contribution in [-0.2, 0) is 24.8 Å². The number of likely N-dealkylation sites (tertiary alicyclic amines) is 1. The van der Waals surface area contributed by atoms with Crippen LogP contribution in [0.15, 0.2) is 41.9 Å². The fraction of sp³-hybridized carbons (Fsp3) is 0.333. The largest absolute Gasteiger partial charge is 0.496 e. The number of hydrogen-bond acceptors (Lipinski definition) is 6. The maximum atomic E-state index is 13.9. The smallest absolute Gasteiger partial charge is 0.290 e. The quantitative estimate of drug-likeness (QED) is 0.435. The fourth-order valence-electron chi connectivity index (χ4n) is 5.57. The van der Waals surface area contributed by atoms with Crippen LogP contribution in [0.5, 0.6) is 5.75 Å². The highest BCUT2D eigenvalue weighted by atomic mass is 32.1. The number of aromatic nitrogens is 4. The number of fused-ring (bicyclic) bond motifs is 3. The normalized spacial score (nSPS) is 18.5. The maximum absolute atomic E-state index is 13.9. The zero-order chi connectivity index (χ0) is 25.9. The van der Waals surface area contributed by atoms with Gasteiger partial charge in [0, 0.05) is 37.5 Å². The molecule has 2 aliphatic rings. The Morgan fingerprint density at radius 1 is 1.19 bits per heavy atom. The molecule has 0 radical (unpaired) electrons. The molecule has 0 bridgehead atoms. The van der Waals surface area contributed by atoms with E-state index in [1.165, 1.54) is 0 Å². The van der Waals surface area contributed by atoms with E-state index < -0.39 is 11.4 Å². The van der Waals surface area contributed by atoms with Gasteiger partial charge in [0.2, 0.25) is 5.91 Å². The molecular weight excluding hydrogens is 488 g/mol. The fourth-order valence-corrected chi connectivity index (χ4v) is 6.28. The van der Waals surface area contributed by atoms with Gasteiger partial charge in [0.05, 0.1) is 23.4 Å². The van der Waals surface area contributed by atoms with Gasteiger partial charge in [-0.05, 0) is 61.4 Å². The van der Waals surface area contributed by atoms with E-state index in [4.69, 9.17) is 15.5 Å². The zero-order valence-electron chi connectivity index (χ0n) is 21.0. The van der Waals surface area contributed by atoms with Crippen molar-refractivity contribution in [2.45, 2.75) is 38.3 Å². The van der Waals surface area contributed by atoms with Gasteiger partial charge < -0.3 is 19.9 Å². The number of primary amides is 1. The number of thiophene rings is 1. The molecule has 0 saturated carbocycles. The Bertz CT molecular complexity index is 1540. The van der Waals surface area contributed by atoms with Crippen molar-refractivity contribution in [2.75, 3.05) is 13.7 Å². The van der Waals surface area contributed by atoms with Crippen LogP contribution < -0.4 is 10.5 Å². The van der Waals surface area contributed by atoms with Crippen molar-refractivity contribution in [1.29, 1.82) is 0 Å². The van der Waals surface area contributed by atoms with Gasteiger partial charge in [-0.3, -0.25) is 14.3 Å². The first-order valence-electron chi connectivity index (χ1n) is 12.3. The van der Waals surface area contributed by atoms with Crippen molar-refractivity contribution in [3.63, 3.8) is 0 Å². The molecule has 190 valence electrons. The Hall–Kier alpha value is -3.92. The second-order valence-corrected chi connectivity index (χ2v) is 10.7. The Morgan fingerprint density at radius 3 is 2.70 bits per heavy atom. The summed E-state index contributed by atoms with van der Waals surface area (Å²) in [7, 11) is 3.55. The maximum Gasteiger partial charge on any atom is 0.290 e. The number of methoxy groups -OCH3 is 1. The Morgan fingerprint density at radius 2 is 2.03 bits per heavy atom. The average Bonchev–Trinajstić information content (AvgIpc) is 3.68. The number of imidazole rings is 1. The molecule has 2 aliphatic heterocycles. The summed E-state index contributed by atoms with van der Waals surface area (Å²) in [6.45, 7) is 2.82. The topological polar surface area (TPSA) is 108 Å². The summed E-state index contributed by atoms with van der Waals surface area (Å²) in [5.41, 5.74) is 10.2. The van der Waals surface area contributed by atoms with Crippen LogP contribution in [0.3, 0.4) is 0 Å². The SMILES string of the molecule is COc1cc2c(cc1-c1ccn(C)n1)-c1c(-c3cccs3)nc(C(=O)N3CCC[C@]3(C)C(N)=O)n1CC2. The number of carbonyl (C=O) groups excluding carboxylic acids is 2. The standard InChI is InChI=1S/C27H28N6O3S/c1-27(26(28)35)9-5-10-33(27)25(34)24-29-22(21-6-4-13-37-21)23-17-15-18(19-8-11-31(2)30-19)20(36-3)14-16(17)7-12-32(23)24/h4,6,8,11,13-15H,5,7,9-10,12H2,1-3H3,(H2,28,35)/t27-/m1/s1. The van der Waals surface area contributed by atoms with Crippen molar-refractivity contribution < 1.29 is 14.3 Å². The number of rotatable bonds is 5. The van der Waals surface area contributed by atoms with Gasteiger partial charge in [-0.1, -0.05) is 6.07 Å². The third-order valence-corrected chi connectivity index (χ3v) is 8.48. The molecule has 3 aromatic heterocycles. The van der Waals surface area contributed by atoms with Crippen LogP contribution in [0.2, 0.25) is 0 Å². The van der Waals surface area contributed by atoms with Gasteiger partial charge in [-0.15, -0.1) is 11.3 Å². The molecular formula is C27H28N6O3S. The lowest BCUT2D eigenvalue weighted by Gasteiger charge is -2.32. The van der Waals surface area contributed by atoms with Crippen molar-refractivity contribution in [3.05, 3.63) is 53.3 Å². The molecule has 5 heterocycles. The van der Waals surface area contributed by atoms with Crippen LogP contribution in [0, 0.1) is 0 Å². The van der Waals surface area contributed by atoms with E-state index in [9.17, 15) is 9.59 Å². The van der Waals surface area contributed by atoms with Gasteiger partial charge >= 0.3 is 0 Å². The average molecular weight is 517 g/mol. The third-order valence-electron chi connectivity index (χ3n) is 7.61. The third kappa shape index (κ3) is 3.58. The molecule has 9 nitrogen and oxygen atoms in total. The highest BCUT2D eigenvalue weighted by Gasteiger charge is 2.46. The molecule has 37 heavy (non-hydrogen) atoms. The summed E-state index contributed by atoms with van der Waals surface area (Å²) >= 11 is 1.58. The lowest BCUT2D eigenvalue weighted by Crippen LogP contribution is -2.54. The first-order chi connectivity index (χ1) is 17.8. The highest BCUT2D eigenvalue weighted by molar-refractivity contribution is 7.13. The van der Waals surface area contributed by atoms with E-state index in [0.717, 1.165) is 57.2 Å². The number of ether oxygens (including phenoxy) is 1. The van der Waals surface area contributed by atoms with Gasteiger partial charge in [-0.2, -0.15) is 5.10 Å². The summed E-state index contributed by atoms with van der Waals surface area (Å²) in [5, 5.41) is 6.60. The van der Waals surface area contributed by atoms with Crippen molar-refractivity contribution in [3.8, 4) is 38.8 Å². The molecule has 1 atom stereocenters. The molecule has 0 aliphatic carbocycles. The number of aryl methyl sites for hydroxylation is 2. The summed E-state index contributed by atoms with van der Waals surface area (Å²) < 4.78 is 9.52. The van der Waals surface area contributed by atoms with E-state index in [1.807, 2.05) is 41.4 Å². The van der Waals surface area contributed by atoms with E-state index in [0.29, 0.717) is 25.3 Å². The number of nitrogens with two attached hydrogens (primary N) is 1. The number of carbonyl (C=O) groups is 2. The monoisotopic (exact) mass is 516 g/mol. The minimum atomic E-state index is -1.02. The van der Waals surface area contributed by atoms with Crippen LogP contribution in [0.25, 0.3) is 33.1 Å². The molecule has 10 heteroatoms. The number of nitrogens with zero attached hydrogens (tertiary/aromatic N) is 5. The Balaban J connectivity index is 1.55.